The molecule has 10 heavy (non-hydrogen) atoms. The van der Waals surface area contributed by atoms with Gasteiger partial charge >= 0.3 is 0 Å². The minimum absolute atomic E-state index is 0.111. The smallest absolute Gasteiger partial charge is 0.128 e. The normalized spacial score (nSPS) is 16.7. The number of nitrogens with two attached hydrogens (primary N) is 1. The van der Waals surface area contributed by atoms with Crippen LogP contribution in [0.5, 0.6) is 0 Å². The van der Waals surface area contributed by atoms with Crippen LogP contribution in [0.15, 0.2) is 12.4 Å². The lowest BCUT2D eigenvalue weighted by Gasteiger charge is -2.17. The molecule has 0 saturated carbocycles. The van der Waals surface area contributed by atoms with Crippen molar-refractivity contribution in [3.8, 4) is 0 Å². The van der Waals surface area contributed by atoms with E-state index in [1.165, 1.54) is 0 Å². The third-order valence-corrected chi connectivity index (χ3v) is 1.37. The molecule has 4 nitrogen and oxygen atoms in total. The van der Waals surface area contributed by atoms with E-state index >= 15 is 0 Å². The highest BCUT2D eigenvalue weighted by Gasteiger charge is 2.21. The maximum Gasteiger partial charge on any atom is 0.128 e. The molecule has 0 radical (unpaired) electrons. The molecule has 1 atom stereocenters. The number of rotatable bonds is 2. The largest absolute Gasteiger partial charge is 0.394 e. The molecule has 0 bridgehead atoms. The Morgan fingerprint density at radius 1 is 1.90 bits per heavy atom. The maximum atomic E-state index is 8.78. The minimum Gasteiger partial charge on any atom is -0.394 e. The number of H-pyrrole nitrogens is 1. The zero-order valence-electron chi connectivity index (χ0n) is 5.83. The highest BCUT2D eigenvalue weighted by Crippen LogP contribution is 2.10. The number of aromatic nitrogens is 2. The van der Waals surface area contributed by atoms with Gasteiger partial charge in [0.2, 0.25) is 0 Å². The number of aliphatic hydroxyl groups is 1. The van der Waals surface area contributed by atoms with E-state index in [0.717, 1.165) is 0 Å². The van der Waals surface area contributed by atoms with Crippen molar-refractivity contribution < 1.29 is 5.11 Å². The summed E-state index contributed by atoms with van der Waals surface area (Å²) in [7, 11) is 0. The molecule has 4 N–H and O–H groups in total. The van der Waals surface area contributed by atoms with Gasteiger partial charge < -0.3 is 15.8 Å². The monoisotopic (exact) mass is 141 g/mol. The first-order chi connectivity index (χ1) is 4.67. The summed E-state index contributed by atoms with van der Waals surface area (Å²) in [6.07, 6.45) is 3.28. The van der Waals surface area contributed by atoms with Gasteiger partial charge in [0, 0.05) is 12.4 Å². The summed E-state index contributed by atoms with van der Waals surface area (Å²) in [5.41, 5.74) is 4.89. The molecule has 0 saturated heterocycles. The molecule has 0 aliphatic heterocycles. The predicted octanol–water partition coefficient (Wildman–Crippen LogP) is -0.424. The van der Waals surface area contributed by atoms with Gasteiger partial charge in [-0.05, 0) is 6.92 Å². The van der Waals surface area contributed by atoms with E-state index in [1.807, 2.05) is 0 Å². The summed E-state index contributed by atoms with van der Waals surface area (Å²) in [5.74, 6) is 0.606. The predicted molar refractivity (Wildman–Crippen MR) is 37.2 cm³/mol. The standard InChI is InChI=1S/C6H11N3O/c1-6(7,4-10)5-8-2-3-9-5/h2-3,10H,4,7H2,1H3,(H,8,9)/t6-/m1/s1. The molecular weight excluding hydrogens is 130 g/mol. The van der Waals surface area contributed by atoms with Crippen molar-refractivity contribution in [1.29, 1.82) is 0 Å². The van der Waals surface area contributed by atoms with Crippen molar-refractivity contribution in [1.82, 2.24) is 9.97 Å². The van der Waals surface area contributed by atoms with E-state index in [2.05, 4.69) is 9.97 Å². The zero-order valence-corrected chi connectivity index (χ0v) is 5.83. The second-order valence-electron chi connectivity index (χ2n) is 2.51. The van der Waals surface area contributed by atoms with Crippen LogP contribution in [-0.4, -0.2) is 21.7 Å². The third-order valence-electron chi connectivity index (χ3n) is 1.37. The number of aromatic amines is 1. The van der Waals surface area contributed by atoms with E-state index in [4.69, 9.17) is 10.8 Å². The fourth-order valence-electron chi connectivity index (χ4n) is 0.652. The molecule has 1 heterocycles. The van der Waals surface area contributed by atoms with Crippen LogP contribution >= 0.6 is 0 Å². The number of imidazole rings is 1. The lowest BCUT2D eigenvalue weighted by molar-refractivity contribution is 0.204. The van der Waals surface area contributed by atoms with Gasteiger partial charge in [-0.2, -0.15) is 0 Å². The summed E-state index contributed by atoms with van der Waals surface area (Å²) < 4.78 is 0. The number of nitrogens with zero attached hydrogens (tertiary/aromatic N) is 1. The van der Waals surface area contributed by atoms with Crippen molar-refractivity contribution in [2.24, 2.45) is 5.73 Å². The van der Waals surface area contributed by atoms with E-state index in [9.17, 15) is 0 Å². The summed E-state index contributed by atoms with van der Waals surface area (Å²) in [6, 6.07) is 0. The first-order valence-electron chi connectivity index (χ1n) is 3.06. The Labute approximate surface area is 59.1 Å². The van der Waals surface area contributed by atoms with Crippen molar-refractivity contribution in [3.63, 3.8) is 0 Å². The van der Waals surface area contributed by atoms with Crippen LogP contribution in [0.1, 0.15) is 12.7 Å². The van der Waals surface area contributed by atoms with Crippen LogP contribution in [0.3, 0.4) is 0 Å². The molecule has 1 aromatic rings. The Hall–Kier alpha value is -0.870. The van der Waals surface area contributed by atoms with Gasteiger partial charge in [-0.3, -0.25) is 0 Å². The van der Waals surface area contributed by atoms with E-state index in [-0.39, 0.29) is 6.61 Å². The third kappa shape index (κ3) is 1.17. The summed E-state index contributed by atoms with van der Waals surface area (Å²) in [5, 5.41) is 8.78. The van der Waals surface area contributed by atoms with Crippen molar-refractivity contribution in [2.45, 2.75) is 12.5 Å². The minimum atomic E-state index is -0.747. The average Bonchev–Trinajstić information content (AvgIpc) is 2.38. The number of hydrogen-bond donors (Lipinski definition) is 3. The van der Waals surface area contributed by atoms with Crippen molar-refractivity contribution in [2.75, 3.05) is 6.61 Å². The molecule has 0 unspecified atom stereocenters. The molecule has 4 heteroatoms. The molecule has 1 rings (SSSR count). The van der Waals surface area contributed by atoms with Gasteiger partial charge in [-0.25, -0.2) is 4.98 Å². The Morgan fingerprint density at radius 2 is 2.60 bits per heavy atom. The van der Waals surface area contributed by atoms with E-state index in [1.54, 1.807) is 19.3 Å². The lowest BCUT2D eigenvalue weighted by Crippen LogP contribution is -2.38. The van der Waals surface area contributed by atoms with Gasteiger partial charge in [0.25, 0.3) is 0 Å². The molecule has 0 spiro atoms. The second-order valence-corrected chi connectivity index (χ2v) is 2.51. The van der Waals surface area contributed by atoms with Crippen LogP contribution in [0.25, 0.3) is 0 Å². The Balaban J connectivity index is 2.85. The summed E-state index contributed by atoms with van der Waals surface area (Å²) >= 11 is 0. The Kier molecular flexibility index (Phi) is 1.74. The van der Waals surface area contributed by atoms with Gasteiger partial charge in [-0.15, -0.1) is 0 Å². The molecule has 56 valence electrons. The number of aliphatic hydroxyl groups excluding tert-OH is 1. The van der Waals surface area contributed by atoms with Crippen LogP contribution in [-0.2, 0) is 5.54 Å². The number of hydrogen-bond acceptors (Lipinski definition) is 3. The molecule has 0 aliphatic rings. The fraction of sp³-hybridized carbons (Fsp3) is 0.500. The lowest BCUT2D eigenvalue weighted by atomic mass is 10.1. The molecule has 1 aromatic heterocycles. The topological polar surface area (TPSA) is 74.9 Å². The maximum absolute atomic E-state index is 8.78. The van der Waals surface area contributed by atoms with Crippen LogP contribution in [0, 0.1) is 0 Å². The summed E-state index contributed by atoms with van der Waals surface area (Å²) in [6.45, 7) is 1.60. The molecule has 0 amide bonds. The van der Waals surface area contributed by atoms with Gasteiger partial charge in [0.1, 0.15) is 5.82 Å². The van der Waals surface area contributed by atoms with Gasteiger partial charge in [0.15, 0.2) is 0 Å². The molecular formula is C6H11N3O. The van der Waals surface area contributed by atoms with Gasteiger partial charge in [-0.1, -0.05) is 0 Å². The van der Waals surface area contributed by atoms with Gasteiger partial charge in [0.05, 0.1) is 12.1 Å². The highest BCUT2D eigenvalue weighted by molar-refractivity contribution is 5.02. The van der Waals surface area contributed by atoms with Crippen LogP contribution in [0.4, 0.5) is 0 Å². The molecule has 0 aromatic carbocycles. The molecule has 0 fully saturated rings. The second kappa shape index (κ2) is 2.40. The first-order valence-corrected chi connectivity index (χ1v) is 3.06. The quantitative estimate of drug-likeness (QED) is 0.523. The Bertz CT molecular complexity index is 193. The van der Waals surface area contributed by atoms with Crippen LogP contribution < -0.4 is 5.73 Å². The Morgan fingerprint density at radius 3 is 3.00 bits per heavy atom. The zero-order chi connectivity index (χ0) is 7.61. The van der Waals surface area contributed by atoms with E-state index in [0.29, 0.717) is 5.82 Å². The van der Waals surface area contributed by atoms with Crippen LogP contribution in [0.2, 0.25) is 0 Å². The fourth-order valence-corrected chi connectivity index (χ4v) is 0.652. The van der Waals surface area contributed by atoms with E-state index < -0.39 is 5.54 Å². The average molecular weight is 141 g/mol. The first kappa shape index (κ1) is 7.24. The SMILES string of the molecule is C[C@@](N)(CO)c1ncc[nH]1. The molecule has 0 aliphatic carbocycles. The highest BCUT2D eigenvalue weighted by atomic mass is 16.3. The van der Waals surface area contributed by atoms with Crippen molar-refractivity contribution >= 4 is 0 Å². The number of nitrogens with one attached hydrogen (secondary N) is 1. The van der Waals surface area contributed by atoms with Crippen molar-refractivity contribution in [3.05, 3.63) is 18.2 Å². The summed E-state index contributed by atoms with van der Waals surface area (Å²) in [4.78, 5) is 6.75.